The molecule has 2 unspecified atom stereocenters. The van der Waals surface area contributed by atoms with Gasteiger partial charge >= 0.3 is 5.97 Å². The first-order chi connectivity index (χ1) is 11.5. The van der Waals surface area contributed by atoms with Gasteiger partial charge in [0.15, 0.2) is 0 Å². The van der Waals surface area contributed by atoms with Crippen LogP contribution in [0.5, 0.6) is 5.75 Å². The smallest absolute Gasteiger partial charge is 0.308 e. The molecule has 0 aliphatic carbocycles. The summed E-state index contributed by atoms with van der Waals surface area (Å²) in [7, 11) is 1.54. The van der Waals surface area contributed by atoms with Crippen molar-refractivity contribution >= 4 is 11.9 Å². The standard InChI is InChI=1S/C17H21N3O4/c1-12(20-9-5-8-19-20)16(21)18-11-14(17(22)23)10-13-6-3-4-7-15(13)24-2/h3-9,12,14H,10-11H2,1-2H3,(H,18,21)(H,22,23). The fraction of sp³-hybridized carbons (Fsp3) is 0.353. The summed E-state index contributed by atoms with van der Waals surface area (Å²) < 4.78 is 6.77. The normalized spacial score (nSPS) is 13.1. The molecule has 0 saturated carbocycles. The minimum atomic E-state index is -0.965. The molecule has 7 heteroatoms. The van der Waals surface area contributed by atoms with Gasteiger partial charge in [-0.15, -0.1) is 0 Å². The lowest BCUT2D eigenvalue weighted by Gasteiger charge is -2.17. The van der Waals surface area contributed by atoms with E-state index in [0.717, 1.165) is 5.56 Å². The SMILES string of the molecule is COc1ccccc1CC(CNC(=O)C(C)n1cccn1)C(=O)O. The molecule has 128 valence electrons. The molecule has 0 saturated heterocycles. The van der Waals surface area contributed by atoms with Crippen LogP contribution in [0.2, 0.25) is 0 Å². The monoisotopic (exact) mass is 331 g/mol. The largest absolute Gasteiger partial charge is 0.496 e. The van der Waals surface area contributed by atoms with Crippen molar-refractivity contribution in [3.05, 3.63) is 48.3 Å². The summed E-state index contributed by atoms with van der Waals surface area (Å²) in [5.74, 6) is -1.34. The average Bonchev–Trinajstić information content (AvgIpc) is 3.12. The van der Waals surface area contributed by atoms with E-state index in [1.807, 2.05) is 18.2 Å². The van der Waals surface area contributed by atoms with Gasteiger partial charge in [-0.3, -0.25) is 14.3 Å². The molecule has 0 aliphatic heterocycles. The first kappa shape index (κ1) is 17.5. The average molecular weight is 331 g/mol. The van der Waals surface area contributed by atoms with Crippen LogP contribution in [-0.4, -0.2) is 40.4 Å². The highest BCUT2D eigenvalue weighted by Gasteiger charge is 2.22. The molecule has 2 atom stereocenters. The van der Waals surface area contributed by atoms with E-state index in [1.54, 1.807) is 38.6 Å². The van der Waals surface area contributed by atoms with Crippen LogP contribution in [0, 0.1) is 5.92 Å². The highest BCUT2D eigenvalue weighted by atomic mass is 16.5. The molecular weight excluding hydrogens is 310 g/mol. The number of amides is 1. The summed E-state index contributed by atoms with van der Waals surface area (Å²) in [6.45, 7) is 1.75. The van der Waals surface area contributed by atoms with Crippen molar-refractivity contribution in [2.75, 3.05) is 13.7 Å². The summed E-state index contributed by atoms with van der Waals surface area (Å²) >= 11 is 0. The Hall–Kier alpha value is -2.83. The van der Waals surface area contributed by atoms with Gasteiger partial charge in [0.25, 0.3) is 0 Å². The van der Waals surface area contributed by atoms with Crippen molar-refractivity contribution in [1.82, 2.24) is 15.1 Å². The number of carboxylic acid groups (broad SMARTS) is 1. The number of aromatic nitrogens is 2. The van der Waals surface area contributed by atoms with Gasteiger partial charge in [0.05, 0.1) is 13.0 Å². The zero-order valence-corrected chi connectivity index (χ0v) is 13.7. The van der Waals surface area contributed by atoms with Crippen LogP contribution in [-0.2, 0) is 16.0 Å². The number of benzene rings is 1. The van der Waals surface area contributed by atoms with E-state index < -0.39 is 17.9 Å². The molecule has 1 amide bonds. The molecule has 7 nitrogen and oxygen atoms in total. The maximum Gasteiger partial charge on any atom is 0.308 e. The minimum Gasteiger partial charge on any atom is -0.496 e. The molecule has 1 heterocycles. The van der Waals surface area contributed by atoms with E-state index in [9.17, 15) is 14.7 Å². The zero-order valence-electron chi connectivity index (χ0n) is 13.7. The predicted octanol–water partition coefficient (Wildman–Crippen LogP) is 1.51. The van der Waals surface area contributed by atoms with E-state index in [2.05, 4.69) is 10.4 Å². The topological polar surface area (TPSA) is 93.5 Å². The fourth-order valence-electron chi connectivity index (χ4n) is 2.39. The van der Waals surface area contributed by atoms with Gasteiger partial charge < -0.3 is 15.2 Å². The van der Waals surface area contributed by atoms with E-state index in [-0.39, 0.29) is 18.9 Å². The number of para-hydroxylation sites is 1. The molecule has 0 fully saturated rings. The number of carbonyl (C=O) groups excluding carboxylic acids is 1. The third kappa shape index (κ3) is 4.34. The molecule has 0 aliphatic rings. The van der Waals surface area contributed by atoms with Gasteiger partial charge in [-0.1, -0.05) is 18.2 Å². The second-order valence-electron chi connectivity index (χ2n) is 5.46. The van der Waals surface area contributed by atoms with Gasteiger partial charge in [0.1, 0.15) is 11.8 Å². The van der Waals surface area contributed by atoms with E-state index in [0.29, 0.717) is 5.75 Å². The number of carboxylic acids is 1. The highest BCUT2D eigenvalue weighted by Crippen LogP contribution is 2.21. The Kier molecular flexibility index (Phi) is 5.95. The Morgan fingerprint density at radius 1 is 1.33 bits per heavy atom. The van der Waals surface area contributed by atoms with Gasteiger partial charge in [-0.05, 0) is 31.0 Å². The second kappa shape index (κ2) is 8.14. The first-order valence-electron chi connectivity index (χ1n) is 7.64. The van der Waals surface area contributed by atoms with Crippen molar-refractivity contribution in [1.29, 1.82) is 0 Å². The quantitative estimate of drug-likeness (QED) is 0.765. The van der Waals surface area contributed by atoms with Crippen LogP contribution in [0.3, 0.4) is 0 Å². The number of rotatable bonds is 8. The van der Waals surface area contributed by atoms with E-state index in [1.165, 1.54) is 4.68 Å². The number of carbonyl (C=O) groups is 2. The lowest BCUT2D eigenvalue weighted by Crippen LogP contribution is -2.37. The summed E-state index contributed by atoms with van der Waals surface area (Å²) in [6, 6.07) is 8.49. The molecule has 0 bridgehead atoms. The van der Waals surface area contributed by atoms with Crippen molar-refractivity contribution in [2.24, 2.45) is 5.92 Å². The van der Waals surface area contributed by atoms with Crippen molar-refractivity contribution in [3.63, 3.8) is 0 Å². The Morgan fingerprint density at radius 2 is 2.08 bits per heavy atom. The summed E-state index contributed by atoms with van der Waals surface area (Å²) in [5, 5.41) is 16.1. The zero-order chi connectivity index (χ0) is 17.5. The highest BCUT2D eigenvalue weighted by molar-refractivity contribution is 5.80. The maximum atomic E-state index is 12.2. The van der Waals surface area contributed by atoms with Gasteiger partial charge in [-0.25, -0.2) is 0 Å². The predicted molar refractivity (Wildman–Crippen MR) is 87.8 cm³/mol. The third-order valence-corrected chi connectivity index (χ3v) is 3.83. The fourth-order valence-corrected chi connectivity index (χ4v) is 2.39. The molecular formula is C17H21N3O4. The van der Waals surface area contributed by atoms with Crippen LogP contribution >= 0.6 is 0 Å². The van der Waals surface area contributed by atoms with Crippen LogP contribution in [0.15, 0.2) is 42.7 Å². The molecule has 2 N–H and O–H groups in total. The van der Waals surface area contributed by atoms with Crippen LogP contribution in [0.25, 0.3) is 0 Å². The Labute approximate surface area is 140 Å². The first-order valence-corrected chi connectivity index (χ1v) is 7.64. The number of nitrogens with one attached hydrogen (secondary N) is 1. The lowest BCUT2D eigenvalue weighted by molar-refractivity contribution is -0.141. The van der Waals surface area contributed by atoms with Gasteiger partial charge in [0.2, 0.25) is 5.91 Å². The Balaban J connectivity index is 1.99. The Bertz CT molecular complexity index is 685. The molecule has 1 aromatic heterocycles. The van der Waals surface area contributed by atoms with Crippen LogP contribution in [0.1, 0.15) is 18.5 Å². The molecule has 24 heavy (non-hydrogen) atoms. The summed E-state index contributed by atoms with van der Waals surface area (Å²) in [5.41, 5.74) is 0.793. The number of hydrogen-bond donors (Lipinski definition) is 2. The molecule has 0 spiro atoms. The number of methoxy groups -OCH3 is 1. The van der Waals surface area contributed by atoms with E-state index >= 15 is 0 Å². The van der Waals surface area contributed by atoms with Gasteiger partial charge in [-0.2, -0.15) is 5.10 Å². The van der Waals surface area contributed by atoms with Crippen molar-refractivity contribution in [3.8, 4) is 5.75 Å². The van der Waals surface area contributed by atoms with E-state index in [4.69, 9.17) is 4.74 Å². The number of hydrogen-bond acceptors (Lipinski definition) is 4. The van der Waals surface area contributed by atoms with Crippen LogP contribution in [0.4, 0.5) is 0 Å². The van der Waals surface area contributed by atoms with Crippen molar-refractivity contribution in [2.45, 2.75) is 19.4 Å². The van der Waals surface area contributed by atoms with Crippen LogP contribution < -0.4 is 10.1 Å². The van der Waals surface area contributed by atoms with Gasteiger partial charge in [0, 0.05) is 18.9 Å². The Morgan fingerprint density at radius 3 is 2.71 bits per heavy atom. The number of aliphatic carboxylic acids is 1. The maximum absolute atomic E-state index is 12.2. The number of ether oxygens (including phenoxy) is 1. The summed E-state index contributed by atoms with van der Waals surface area (Å²) in [6.07, 6.45) is 3.55. The second-order valence-corrected chi connectivity index (χ2v) is 5.46. The van der Waals surface area contributed by atoms with Crippen molar-refractivity contribution < 1.29 is 19.4 Å². The minimum absolute atomic E-state index is 0.0395. The number of nitrogens with zero attached hydrogens (tertiary/aromatic N) is 2. The molecule has 2 rings (SSSR count). The molecule has 0 radical (unpaired) electrons. The third-order valence-electron chi connectivity index (χ3n) is 3.83. The molecule has 2 aromatic rings. The molecule has 1 aromatic carbocycles. The lowest BCUT2D eigenvalue weighted by atomic mass is 9.98. The summed E-state index contributed by atoms with van der Waals surface area (Å²) in [4.78, 5) is 23.7.